The summed E-state index contributed by atoms with van der Waals surface area (Å²) in [7, 11) is 0. The van der Waals surface area contributed by atoms with Crippen molar-refractivity contribution in [2.24, 2.45) is 0 Å². The van der Waals surface area contributed by atoms with Crippen molar-refractivity contribution in [2.75, 3.05) is 6.61 Å². The Morgan fingerprint density at radius 3 is 2.86 bits per heavy atom. The second kappa shape index (κ2) is 5.91. The van der Waals surface area contributed by atoms with E-state index in [1.165, 1.54) is 6.33 Å². The Morgan fingerprint density at radius 2 is 2.18 bits per heavy atom. The molecule has 116 valence electrons. The number of aromatic nitrogens is 3. The molecule has 2 aromatic rings. The zero-order chi connectivity index (χ0) is 15.7. The van der Waals surface area contributed by atoms with Gasteiger partial charge in [0.25, 0.3) is 5.56 Å². The molecule has 2 heterocycles. The third-order valence-corrected chi connectivity index (χ3v) is 4.42. The third-order valence-electron chi connectivity index (χ3n) is 4.42. The molecule has 3 rings (SSSR count). The number of rotatable bonds is 4. The molecule has 1 aliphatic carbocycles. The summed E-state index contributed by atoms with van der Waals surface area (Å²) in [6.07, 6.45) is 7.61. The Bertz CT molecular complexity index is 773. The SMILES string of the molecule is C=C(OCC)c1c(C)c2cncnc2n(C2CCCC2)c1=O. The van der Waals surface area contributed by atoms with Crippen molar-refractivity contribution >= 4 is 16.8 Å². The molecule has 1 aliphatic rings. The van der Waals surface area contributed by atoms with Crippen molar-refractivity contribution in [3.63, 3.8) is 0 Å². The van der Waals surface area contributed by atoms with Crippen LogP contribution in [0.2, 0.25) is 0 Å². The molecule has 0 saturated heterocycles. The van der Waals surface area contributed by atoms with Crippen LogP contribution in [0.3, 0.4) is 0 Å². The molecule has 0 N–H and O–H groups in total. The van der Waals surface area contributed by atoms with Gasteiger partial charge in [-0.2, -0.15) is 0 Å². The summed E-state index contributed by atoms with van der Waals surface area (Å²) in [5.74, 6) is 0.433. The molecule has 5 nitrogen and oxygen atoms in total. The summed E-state index contributed by atoms with van der Waals surface area (Å²) in [5, 5.41) is 0.893. The molecule has 2 aromatic heterocycles. The quantitative estimate of drug-likeness (QED) is 0.813. The number of hydrogen-bond acceptors (Lipinski definition) is 4. The zero-order valence-electron chi connectivity index (χ0n) is 13.1. The summed E-state index contributed by atoms with van der Waals surface area (Å²) >= 11 is 0. The fourth-order valence-electron chi connectivity index (χ4n) is 3.37. The van der Waals surface area contributed by atoms with E-state index in [0.717, 1.165) is 42.3 Å². The lowest BCUT2D eigenvalue weighted by atomic mass is 10.0. The van der Waals surface area contributed by atoms with E-state index < -0.39 is 0 Å². The molecular formula is C17H21N3O2. The van der Waals surface area contributed by atoms with Crippen molar-refractivity contribution in [1.82, 2.24) is 14.5 Å². The van der Waals surface area contributed by atoms with E-state index in [0.29, 0.717) is 17.9 Å². The van der Waals surface area contributed by atoms with Crippen LogP contribution in [-0.2, 0) is 4.74 Å². The fourth-order valence-corrected chi connectivity index (χ4v) is 3.37. The maximum absolute atomic E-state index is 13.1. The van der Waals surface area contributed by atoms with Crippen molar-refractivity contribution in [2.45, 2.75) is 45.6 Å². The highest BCUT2D eigenvalue weighted by Gasteiger charge is 2.25. The summed E-state index contributed by atoms with van der Waals surface area (Å²) in [6.45, 7) is 8.22. The minimum atomic E-state index is -0.0472. The van der Waals surface area contributed by atoms with Gasteiger partial charge in [-0.3, -0.25) is 9.36 Å². The van der Waals surface area contributed by atoms with E-state index in [4.69, 9.17) is 4.74 Å². The first-order chi connectivity index (χ1) is 10.6. The molecule has 0 bridgehead atoms. The first-order valence-electron chi connectivity index (χ1n) is 7.82. The summed E-state index contributed by atoms with van der Waals surface area (Å²) < 4.78 is 7.34. The van der Waals surface area contributed by atoms with E-state index >= 15 is 0 Å². The van der Waals surface area contributed by atoms with E-state index in [1.807, 2.05) is 18.4 Å². The van der Waals surface area contributed by atoms with Crippen LogP contribution in [0.5, 0.6) is 0 Å². The molecule has 0 atom stereocenters. The fraction of sp³-hybridized carbons (Fsp3) is 0.471. The summed E-state index contributed by atoms with van der Waals surface area (Å²) in [6, 6.07) is 0.207. The molecule has 0 unspecified atom stereocenters. The molecule has 5 heteroatoms. The van der Waals surface area contributed by atoms with Crippen LogP contribution in [0.25, 0.3) is 16.8 Å². The Labute approximate surface area is 129 Å². The van der Waals surface area contributed by atoms with Gasteiger partial charge in [0.15, 0.2) is 0 Å². The first-order valence-corrected chi connectivity index (χ1v) is 7.82. The Kier molecular flexibility index (Phi) is 3.96. The van der Waals surface area contributed by atoms with Crippen LogP contribution in [0.15, 0.2) is 23.9 Å². The molecule has 0 spiro atoms. The molecule has 0 aliphatic heterocycles. The molecule has 1 saturated carbocycles. The number of fused-ring (bicyclic) bond motifs is 1. The smallest absolute Gasteiger partial charge is 0.263 e. The standard InChI is InChI=1S/C17H21N3O2/c1-4-22-12(3)15-11(2)14-9-18-10-19-16(14)20(17(15)21)13-7-5-6-8-13/h9-10,13H,3-8H2,1-2H3. The molecule has 0 amide bonds. The molecule has 22 heavy (non-hydrogen) atoms. The van der Waals surface area contributed by atoms with Crippen LogP contribution in [0.1, 0.15) is 49.8 Å². The Balaban J connectivity index is 2.32. The zero-order valence-corrected chi connectivity index (χ0v) is 13.1. The van der Waals surface area contributed by atoms with Gasteiger partial charge in [0.05, 0.1) is 12.2 Å². The van der Waals surface area contributed by atoms with Gasteiger partial charge in [0, 0.05) is 17.6 Å². The van der Waals surface area contributed by atoms with Crippen LogP contribution in [0.4, 0.5) is 0 Å². The number of hydrogen-bond donors (Lipinski definition) is 0. The van der Waals surface area contributed by atoms with Crippen LogP contribution in [0, 0.1) is 6.92 Å². The number of pyridine rings is 1. The maximum atomic E-state index is 13.1. The third kappa shape index (κ3) is 2.30. The van der Waals surface area contributed by atoms with Gasteiger partial charge in [-0.1, -0.05) is 19.4 Å². The van der Waals surface area contributed by atoms with Gasteiger partial charge in [-0.05, 0) is 32.3 Å². The van der Waals surface area contributed by atoms with Gasteiger partial charge in [0.2, 0.25) is 0 Å². The predicted molar refractivity (Wildman–Crippen MR) is 86.7 cm³/mol. The molecule has 0 aromatic carbocycles. The lowest BCUT2D eigenvalue weighted by molar-refractivity contribution is 0.298. The number of nitrogens with zero attached hydrogens (tertiary/aromatic N) is 3. The van der Waals surface area contributed by atoms with Crippen LogP contribution in [-0.4, -0.2) is 21.1 Å². The van der Waals surface area contributed by atoms with Gasteiger partial charge >= 0.3 is 0 Å². The van der Waals surface area contributed by atoms with Crippen molar-refractivity contribution in [3.8, 4) is 0 Å². The first kappa shape index (κ1) is 14.8. The molecular weight excluding hydrogens is 278 g/mol. The van der Waals surface area contributed by atoms with Crippen molar-refractivity contribution in [3.05, 3.63) is 40.6 Å². The predicted octanol–water partition coefficient (Wildman–Crippen LogP) is 3.22. The highest BCUT2D eigenvalue weighted by atomic mass is 16.5. The number of ether oxygens (including phenoxy) is 1. The van der Waals surface area contributed by atoms with E-state index in [2.05, 4.69) is 16.5 Å². The van der Waals surface area contributed by atoms with Crippen LogP contribution < -0.4 is 5.56 Å². The van der Waals surface area contributed by atoms with Crippen molar-refractivity contribution in [1.29, 1.82) is 0 Å². The highest BCUT2D eigenvalue weighted by Crippen LogP contribution is 2.32. The molecule has 1 fully saturated rings. The minimum absolute atomic E-state index is 0.0472. The molecule has 0 radical (unpaired) electrons. The maximum Gasteiger partial charge on any atom is 0.263 e. The Hall–Kier alpha value is -2.17. The topological polar surface area (TPSA) is 57.0 Å². The lowest BCUT2D eigenvalue weighted by Crippen LogP contribution is -2.28. The highest BCUT2D eigenvalue weighted by molar-refractivity contribution is 5.83. The monoisotopic (exact) mass is 299 g/mol. The van der Waals surface area contributed by atoms with Gasteiger partial charge < -0.3 is 4.74 Å². The van der Waals surface area contributed by atoms with E-state index in [1.54, 1.807) is 6.20 Å². The second-order valence-electron chi connectivity index (χ2n) is 5.73. The van der Waals surface area contributed by atoms with Crippen LogP contribution >= 0.6 is 0 Å². The average Bonchev–Trinajstić information content (AvgIpc) is 3.02. The number of aryl methyl sites for hydroxylation is 1. The lowest BCUT2D eigenvalue weighted by Gasteiger charge is -2.20. The normalized spacial score (nSPS) is 15.4. The summed E-state index contributed by atoms with van der Waals surface area (Å²) in [4.78, 5) is 21.6. The van der Waals surface area contributed by atoms with Crippen molar-refractivity contribution < 1.29 is 4.74 Å². The van der Waals surface area contributed by atoms with Gasteiger partial charge in [-0.15, -0.1) is 0 Å². The van der Waals surface area contributed by atoms with E-state index in [-0.39, 0.29) is 11.6 Å². The Morgan fingerprint density at radius 1 is 1.45 bits per heavy atom. The largest absolute Gasteiger partial charge is 0.494 e. The minimum Gasteiger partial charge on any atom is -0.494 e. The second-order valence-corrected chi connectivity index (χ2v) is 5.73. The van der Waals surface area contributed by atoms with Gasteiger partial charge in [0.1, 0.15) is 17.7 Å². The van der Waals surface area contributed by atoms with Gasteiger partial charge in [-0.25, -0.2) is 9.97 Å². The summed E-state index contributed by atoms with van der Waals surface area (Å²) in [5.41, 5.74) is 2.07. The van der Waals surface area contributed by atoms with E-state index in [9.17, 15) is 4.79 Å². The average molecular weight is 299 g/mol.